The standard InChI is InChI=1S/C33H34N8O3/c1-20-16-23(44-29-7-5-4-6-24(29)33(43)39(2)3)9-11-28(20)41-32(35)25(19-37-41)30(42)27-18-22-17-21(8-10-26(22)38-27)31(34)40-14-12-36-13-15-40/h4-11,16-19,34,36,38H,12-15,35H2,1-3H3. The fraction of sp³-hybridized carbons (Fsp3) is 0.212. The molecule has 224 valence electrons. The summed E-state index contributed by atoms with van der Waals surface area (Å²) in [5, 5.41) is 17.2. The first kappa shape index (κ1) is 28.7. The molecule has 0 spiro atoms. The third kappa shape index (κ3) is 5.40. The number of rotatable bonds is 7. The predicted molar refractivity (Wildman–Crippen MR) is 170 cm³/mol. The fourth-order valence-electron chi connectivity index (χ4n) is 5.37. The van der Waals surface area contributed by atoms with Crippen LogP contribution in [0.5, 0.6) is 11.5 Å². The molecule has 11 heteroatoms. The molecule has 0 aliphatic carbocycles. The number of hydrogen-bond acceptors (Lipinski definition) is 7. The van der Waals surface area contributed by atoms with Gasteiger partial charge in [-0.05, 0) is 67.1 Å². The number of nitrogen functional groups attached to an aromatic ring is 1. The number of amidine groups is 1. The zero-order valence-electron chi connectivity index (χ0n) is 24.8. The van der Waals surface area contributed by atoms with E-state index >= 15 is 0 Å². The molecule has 5 N–H and O–H groups in total. The highest BCUT2D eigenvalue weighted by atomic mass is 16.5. The summed E-state index contributed by atoms with van der Waals surface area (Å²) in [7, 11) is 3.39. The number of aryl methyl sites for hydroxylation is 1. The van der Waals surface area contributed by atoms with Crippen molar-refractivity contribution in [3.8, 4) is 17.2 Å². The Balaban J connectivity index is 1.22. The number of carbonyl (C=O) groups excluding carboxylic acids is 2. The Morgan fingerprint density at radius 1 is 1.00 bits per heavy atom. The average Bonchev–Trinajstić information content (AvgIpc) is 3.64. The molecule has 3 heterocycles. The lowest BCUT2D eigenvalue weighted by molar-refractivity contribution is 0.0825. The second-order valence-corrected chi connectivity index (χ2v) is 11.0. The molecule has 0 unspecified atom stereocenters. The number of H-pyrrole nitrogens is 1. The zero-order chi connectivity index (χ0) is 31.0. The van der Waals surface area contributed by atoms with E-state index in [2.05, 4.69) is 20.3 Å². The van der Waals surface area contributed by atoms with E-state index in [1.54, 1.807) is 44.4 Å². The number of anilines is 1. The van der Waals surface area contributed by atoms with Gasteiger partial charge < -0.3 is 30.6 Å². The number of benzene rings is 3. The number of amides is 1. The van der Waals surface area contributed by atoms with Crippen LogP contribution in [-0.2, 0) is 0 Å². The van der Waals surface area contributed by atoms with Gasteiger partial charge in [0.1, 0.15) is 23.2 Å². The summed E-state index contributed by atoms with van der Waals surface area (Å²) in [5.74, 6) is 1.27. The van der Waals surface area contributed by atoms with Crippen LogP contribution in [0.3, 0.4) is 0 Å². The maximum atomic E-state index is 13.6. The van der Waals surface area contributed by atoms with Crippen LogP contribution in [0.4, 0.5) is 5.82 Å². The SMILES string of the molecule is Cc1cc(Oc2ccccc2C(=O)N(C)C)ccc1-n1ncc(C(=O)c2cc3cc(C(=N)N4CCNCC4)ccc3[nH]2)c1N. The molecule has 3 aromatic carbocycles. The second kappa shape index (κ2) is 11.7. The Bertz CT molecular complexity index is 1900. The summed E-state index contributed by atoms with van der Waals surface area (Å²) in [5.41, 5.74) is 10.7. The smallest absolute Gasteiger partial charge is 0.257 e. The maximum absolute atomic E-state index is 13.6. The summed E-state index contributed by atoms with van der Waals surface area (Å²) in [6, 6.07) is 20.0. The van der Waals surface area contributed by atoms with E-state index in [9.17, 15) is 9.59 Å². The van der Waals surface area contributed by atoms with Crippen LogP contribution >= 0.6 is 0 Å². The van der Waals surface area contributed by atoms with Crippen LogP contribution in [0.25, 0.3) is 16.6 Å². The molecular weight excluding hydrogens is 556 g/mol. The molecule has 1 aliphatic heterocycles. The number of aromatic nitrogens is 3. The van der Waals surface area contributed by atoms with Gasteiger partial charge in [-0.2, -0.15) is 5.10 Å². The normalized spacial score (nSPS) is 13.2. The maximum Gasteiger partial charge on any atom is 0.257 e. The van der Waals surface area contributed by atoms with E-state index < -0.39 is 0 Å². The summed E-state index contributed by atoms with van der Waals surface area (Å²) in [6.07, 6.45) is 1.47. The van der Waals surface area contributed by atoms with Gasteiger partial charge in [-0.15, -0.1) is 0 Å². The molecule has 6 rings (SSSR count). The van der Waals surface area contributed by atoms with E-state index in [4.69, 9.17) is 15.9 Å². The van der Waals surface area contributed by atoms with Gasteiger partial charge in [-0.25, -0.2) is 4.68 Å². The molecule has 5 aromatic rings. The molecule has 0 radical (unpaired) electrons. The summed E-state index contributed by atoms with van der Waals surface area (Å²) < 4.78 is 7.62. The number of nitrogens with zero attached hydrogens (tertiary/aromatic N) is 4. The van der Waals surface area contributed by atoms with E-state index in [1.807, 2.05) is 43.3 Å². The highest BCUT2D eigenvalue weighted by Gasteiger charge is 2.22. The van der Waals surface area contributed by atoms with Gasteiger partial charge in [0.15, 0.2) is 0 Å². The van der Waals surface area contributed by atoms with E-state index in [-0.39, 0.29) is 23.1 Å². The number of piperazine rings is 1. The fourth-order valence-corrected chi connectivity index (χ4v) is 5.37. The lowest BCUT2D eigenvalue weighted by Gasteiger charge is -2.29. The molecule has 1 aliphatic rings. The molecule has 44 heavy (non-hydrogen) atoms. The van der Waals surface area contributed by atoms with Gasteiger partial charge in [0, 0.05) is 56.7 Å². The molecule has 1 fully saturated rings. The summed E-state index contributed by atoms with van der Waals surface area (Å²) in [6.45, 7) is 5.19. The van der Waals surface area contributed by atoms with Crippen molar-refractivity contribution in [1.29, 1.82) is 5.41 Å². The minimum Gasteiger partial charge on any atom is -0.457 e. The highest BCUT2D eigenvalue weighted by Crippen LogP contribution is 2.30. The van der Waals surface area contributed by atoms with Gasteiger partial charge in [0.25, 0.3) is 5.91 Å². The van der Waals surface area contributed by atoms with Crippen LogP contribution in [0, 0.1) is 12.3 Å². The van der Waals surface area contributed by atoms with E-state index in [0.29, 0.717) is 34.3 Å². The molecule has 1 amide bonds. The largest absolute Gasteiger partial charge is 0.457 e. The van der Waals surface area contributed by atoms with Crippen molar-refractivity contribution in [3.05, 3.63) is 101 Å². The van der Waals surface area contributed by atoms with E-state index in [0.717, 1.165) is 48.2 Å². The molecule has 11 nitrogen and oxygen atoms in total. The Kier molecular flexibility index (Phi) is 7.62. The van der Waals surface area contributed by atoms with Gasteiger partial charge in [0.2, 0.25) is 5.78 Å². The lowest BCUT2D eigenvalue weighted by Crippen LogP contribution is -2.46. The van der Waals surface area contributed by atoms with Crippen LogP contribution in [-0.4, -0.2) is 82.4 Å². The van der Waals surface area contributed by atoms with Gasteiger partial charge in [0.05, 0.1) is 28.7 Å². The number of ketones is 1. The Labute approximate surface area is 254 Å². The molecule has 0 atom stereocenters. The Morgan fingerprint density at radius 3 is 2.52 bits per heavy atom. The van der Waals surface area contributed by atoms with Crippen LogP contribution in [0.2, 0.25) is 0 Å². The Hall–Kier alpha value is -5.42. The number of nitrogens with two attached hydrogens (primary N) is 1. The third-order valence-electron chi connectivity index (χ3n) is 7.77. The Morgan fingerprint density at radius 2 is 1.77 bits per heavy atom. The first-order chi connectivity index (χ1) is 21.2. The molecule has 0 bridgehead atoms. The molecule has 2 aromatic heterocycles. The topological polar surface area (TPSA) is 145 Å². The van der Waals surface area contributed by atoms with Crippen molar-refractivity contribution in [2.75, 3.05) is 46.0 Å². The third-order valence-corrected chi connectivity index (χ3v) is 7.77. The van der Waals surface area contributed by atoms with Crippen LogP contribution < -0.4 is 15.8 Å². The molecular formula is C33H34N8O3. The highest BCUT2D eigenvalue weighted by molar-refractivity contribution is 6.13. The number of nitrogens with one attached hydrogen (secondary N) is 3. The number of fused-ring (bicyclic) bond motifs is 1. The van der Waals surface area contributed by atoms with Crippen LogP contribution in [0.1, 0.15) is 37.5 Å². The summed E-state index contributed by atoms with van der Waals surface area (Å²) in [4.78, 5) is 32.9. The van der Waals surface area contributed by atoms with Crippen molar-refractivity contribution >= 4 is 34.2 Å². The quantitative estimate of drug-likeness (QED) is 0.126. The number of aromatic amines is 1. The predicted octanol–water partition coefficient (Wildman–Crippen LogP) is 4.20. The second-order valence-electron chi connectivity index (χ2n) is 11.0. The number of para-hydroxylation sites is 1. The minimum absolute atomic E-state index is 0.152. The van der Waals surface area contributed by atoms with E-state index in [1.165, 1.54) is 15.8 Å². The lowest BCUT2D eigenvalue weighted by atomic mass is 10.1. The minimum atomic E-state index is -0.275. The van der Waals surface area contributed by atoms with Gasteiger partial charge in [-0.3, -0.25) is 15.0 Å². The monoisotopic (exact) mass is 590 g/mol. The van der Waals surface area contributed by atoms with Crippen LogP contribution in [0.15, 0.2) is 72.9 Å². The van der Waals surface area contributed by atoms with Crippen molar-refractivity contribution in [2.24, 2.45) is 0 Å². The zero-order valence-corrected chi connectivity index (χ0v) is 24.8. The van der Waals surface area contributed by atoms with Crippen molar-refractivity contribution in [2.45, 2.75) is 6.92 Å². The van der Waals surface area contributed by atoms with Gasteiger partial charge in [-0.1, -0.05) is 12.1 Å². The average molecular weight is 591 g/mol. The number of hydrogen-bond donors (Lipinski definition) is 4. The number of carbonyl (C=O) groups is 2. The molecule has 0 saturated carbocycles. The summed E-state index contributed by atoms with van der Waals surface area (Å²) >= 11 is 0. The first-order valence-corrected chi connectivity index (χ1v) is 14.4. The first-order valence-electron chi connectivity index (χ1n) is 14.4. The van der Waals surface area contributed by atoms with Gasteiger partial charge >= 0.3 is 0 Å². The number of ether oxygens (including phenoxy) is 1. The van der Waals surface area contributed by atoms with Crippen molar-refractivity contribution < 1.29 is 14.3 Å². The van der Waals surface area contributed by atoms with Crippen molar-refractivity contribution in [3.63, 3.8) is 0 Å². The van der Waals surface area contributed by atoms with Crippen molar-refractivity contribution in [1.82, 2.24) is 29.9 Å². The molecule has 1 saturated heterocycles.